The third kappa shape index (κ3) is 5.84. The van der Waals surface area contributed by atoms with Crippen molar-refractivity contribution in [2.24, 2.45) is 0 Å². The molecule has 2 aromatic carbocycles. The number of amides is 1. The van der Waals surface area contributed by atoms with Gasteiger partial charge < -0.3 is 17.7 Å². The van der Waals surface area contributed by atoms with Gasteiger partial charge in [0.05, 0.1) is 6.04 Å². The van der Waals surface area contributed by atoms with Crippen molar-refractivity contribution in [1.29, 1.82) is 0 Å². The van der Waals surface area contributed by atoms with E-state index in [4.69, 9.17) is 11.6 Å². The fraction of sp³-hybridized carbons (Fsp3) is 0.143. The van der Waals surface area contributed by atoms with Crippen LogP contribution in [0.2, 0.25) is 5.02 Å². The van der Waals surface area contributed by atoms with Gasteiger partial charge in [-0.05, 0) is 42.8 Å². The zero-order valence-corrected chi connectivity index (χ0v) is 19.3. The molecule has 2 N–H and O–H groups in total. The molecule has 143 valence electrons. The Morgan fingerprint density at radius 3 is 2.39 bits per heavy atom. The molecule has 3 rings (SSSR count). The molecule has 0 aliphatic carbocycles. The van der Waals surface area contributed by atoms with Gasteiger partial charge in [-0.25, -0.2) is 0 Å². The predicted molar refractivity (Wildman–Crippen MR) is 108 cm³/mol. The summed E-state index contributed by atoms with van der Waals surface area (Å²) in [5.74, 6) is -0.548. The Morgan fingerprint density at radius 1 is 1.11 bits per heavy atom. The SMILES string of the molecule is CC(=O)C(Cc1cc(=O)[nH]c2ccccc12)NC(=O)c1ccc(Cl)cc1.[CH3-].[Y]. The number of halogens is 1. The van der Waals surface area contributed by atoms with E-state index >= 15 is 0 Å². The fourth-order valence-corrected chi connectivity index (χ4v) is 2.93. The molecule has 1 atom stereocenters. The normalized spacial score (nSPS) is 11.1. The number of ketones is 1. The Morgan fingerprint density at radius 2 is 1.75 bits per heavy atom. The number of benzene rings is 2. The molecule has 1 radical (unpaired) electrons. The van der Waals surface area contributed by atoms with E-state index in [1.807, 2.05) is 18.2 Å². The van der Waals surface area contributed by atoms with Gasteiger partial charge in [0.2, 0.25) is 5.56 Å². The predicted octanol–water partition coefficient (Wildman–Crippen LogP) is 3.56. The smallest absolute Gasteiger partial charge is 0.251 e. The maximum absolute atomic E-state index is 12.4. The minimum absolute atomic E-state index is 0. The molecule has 1 unspecified atom stereocenters. The molecule has 1 aromatic heterocycles. The number of aromatic nitrogens is 1. The first-order valence-corrected chi connectivity index (χ1v) is 8.49. The molecule has 5 nitrogen and oxygen atoms in total. The van der Waals surface area contributed by atoms with Crippen molar-refractivity contribution in [3.63, 3.8) is 0 Å². The van der Waals surface area contributed by atoms with Crippen LogP contribution >= 0.6 is 11.6 Å². The number of pyridine rings is 1. The molecule has 0 saturated carbocycles. The molecule has 3 aromatic rings. The molecule has 28 heavy (non-hydrogen) atoms. The largest absolute Gasteiger partial charge is 0.358 e. The van der Waals surface area contributed by atoms with E-state index in [0.717, 1.165) is 5.39 Å². The minimum atomic E-state index is -0.733. The van der Waals surface area contributed by atoms with Crippen molar-refractivity contribution in [3.05, 3.63) is 88.5 Å². The second kappa shape index (κ2) is 10.7. The summed E-state index contributed by atoms with van der Waals surface area (Å²) in [5.41, 5.74) is 1.57. The first-order valence-electron chi connectivity index (χ1n) is 8.12. The average molecular weight is 473 g/mol. The number of hydrogen-bond acceptors (Lipinski definition) is 3. The van der Waals surface area contributed by atoms with Crippen molar-refractivity contribution < 1.29 is 42.3 Å². The zero-order chi connectivity index (χ0) is 18.7. The van der Waals surface area contributed by atoms with Crippen molar-refractivity contribution >= 4 is 34.2 Å². The third-order valence-electron chi connectivity index (χ3n) is 4.16. The van der Waals surface area contributed by atoms with Crippen LogP contribution in [0.15, 0.2) is 59.4 Å². The maximum Gasteiger partial charge on any atom is 0.251 e. The summed E-state index contributed by atoms with van der Waals surface area (Å²) >= 11 is 5.83. The van der Waals surface area contributed by atoms with Crippen molar-refractivity contribution in [1.82, 2.24) is 10.3 Å². The van der Waals surface area contributed by atoms with Crippen LogP contribution in [-0.2, 0) is 43.9 Å². The number of carbonyl (C=O) groups excluding carboxylic acids is 2. The van der Waals surface area contributed by atoms with Crippen LogP contribution in [0.5, 0.6) is 0 Å². The Hall–Kier alpha value is -1.82. The van der Waals surface area contributed by atoms with Crippen LogP contribution < -0.4 is 10.9 Å². The molecule has 0 spiro atoms. The Balaban J connectivity index is 0.00000196. The van der Waals surface area contributed by atoms with E-state index in [1.165, 1.54) is 13.0 Å². The minimum Gasteiger partial charge on any atom is -0.358 e. The summed E-state index contributed by atoms with van der Waals surface area (Å²) in [7, 11) is 0. The van der Waals surface area contributed by atoms with Crippen LogP contribution in [0.3, 0.4) is 0 Å². The molecule has 1 heterocycles. The molecular weight excluding hydrogens is 453 g/mol. The number of Topliss-reactive ketones (excluding diaryl/α,β-unsaturated/α-hetero) is 1. The molecule has 7 heteroatoms. The summed E-state index contributed by atoms with van der Waals surface area (Å²) in [6, 6.07) is 14.5. The maximum atomic E-state index is 12.4. The van der Waals surface area contributed by atoms with Crippen LogP contribution in [0.25, 0.3) is 10.9 Å². The summed E-state index contributed by atoms with van der Waals surface area (Å²) < 4.78 is 0. The van der Waals surface area contributed by atoms with Gasteiger partial charge in [0, 0.05) is 66.7 Å². The molecule has 0 fully saturated rings. The zero-order valence-electron chi connectivity index (χ0n) is 15.7. The number of hydrogen-bond donors (Lipinski definition) is 2. The van der Waals surface area contributed by atoms with Crippen LogP contribution in [-0.4, -0.2) is 22.7 Å². The quantitative estimate of drug-likeness (QED) is 0.557. The average Bonchev–Trinajstić information content (AvgIpc) is 2.61. The van der Waals surface area contributed by atoms with E-state index in [9.17, 15) is 14.4 Å². The summed E-state index contributed by atoms with van der Waals surface area (Å²) in [4.78, 5) is 39.1. The van der Waals surface area contributed by atoms with E-state index in [-0.39, 0.29) is 63.8 Å². The van der Waals surface area contributed by atoms with Crippen molar-refractivity contribution in [3.8, 4) is 0 Å². The molecule has 0 saturated heterocycles. The summed E-state index contributed by atoms with van der Waals surface area (Å²) in [6.07, 6.45) is 0.235. The first kappa shape index (κ1) is 24.2. The second-order valence-electron chi connectivity index (χ2n) is 6.05. The van der Waals surface area contributed by atoms with Gasteiger partial charge in [-0.15, -0.1) is 0 Å². The fourth-order valence-electron chi connectivity index (χ4n) is 2.80. The van der Waals surface area contributed by atoms with Gasteiger partial charge in [0.15, 0.2) is 5.78 Å². The molecular formula is C21H20ClN2O3Y-. The van der Waals surface area contributed by atoms with Gasteiger partial charge in [-0.2, -0.15) is 0 Å². The number of para-hydroxylation sites is 1. The van der Waals surface area contributed by atoms with Gasteiger partial charge >= 0.3 is 0 Å². The topological polar surface area (TPSA) is 79.0 Å². The summed E-state index contributed by atoms with van der Waals surface area (Å²) in [6.45, 7) is 1.42. The number of carbonyl (C=O) groups is 2. The van der Waals surface area contributed by atoms with Crippen molar-refractivity contribution in [2.45, 2.75) is 19.4 Å². The van der Waals surface area contributed by atoms with Crippen LogP contribution in [0.4, 0.5) is 0 Å². The van der Waals surface area contributed by atoms with E-state index in [2.05, 4.69) is 10.3 Å². The van der Waals surface area contributed by atoms with E-state index in [0.29, 0.717) is 21.7 Å². The number of aromatic amines is 1. The van der Waals surface area contributed by atoms with Crippen LogP contribution in [0, 0.1) is 7.43 Å². The number of nitrogens with one attached hydrogen (secondary N) is 2. The van der Waals surface area contributed by atoms with E-state index < -0.39 is 6.04 Å². The van der Waals surface area contributed by atoms with Gasteiger partial charge in [-0.1, -0.05) is 29.8 Å². The Labute approximate surface area is 193 Å². The first-order chi connectivity index (χ1) is 12.4. The van der Waals surface area contributed by atoms with E-state index in [1.54, 1.807) is 30.3 Å². The standard InChI is InChI=1S/C20H17ClN2O3.CH3.Y/c1-12(24)18(23-20(26)13-6-8-15(21)9-7-13)10-14-11-19(25)22-17-5-3-2-4-16(14)17;;/h2-9,11,18H,10H2,1H3,(H,22,25)(H,23,26);1H3;/q;-1;. The van der Waals surface area contributed by atoms with Crippen molar-refractivity contribution in [2.75, 3.05) is 0 Å². The number of rotatable bonds is 5. The number of H-pyrrole nitrogens is 1. The van der Waals surface area contributed by atoms with Gasteiger partial charge in [-0.3, -0.25) is 14.4 Å². The molecule has 1 amide bonds. The molecule has 0 bridgehead atoms. The molecule has 0 aliphatic rings. The Kier molecular flexibility index (Phi) is 9.22. The third-order valence-corrected chi connectivity index (χ3v) is 4.41. The Bertz CT molecular complexity index is 1030. The van der Waals surface area contributed by atoms with Crippen LogP contribution in [0.1, 0.15) is 22.8 Å². The summed E-state index contributed by atoms with van der Waals surface area (Å²) in [5, 5.41) is 4.11. The molecule has 0 aliphatic heterocycles. The van der Waals surface area contributed by atoms with Gasteiger partial charge in [0.1, 0.15) is 0 Å². The van der Waals surface area contributed by atoms with Gasteiger partial charge in [0.25, 0.3) is 5.91 Å². The number of fused-ring (bicyclic) bond motifs is 1. The monoisotopic (exact) mass is 472 g/mol. The second-order valence-corrected chi connectivity index (χ2v) is 6.49.